The Morgan fingerprint density at radius 3 is 2.48 bits per heavy atom. The van der Waals surface area contributed by atoms with Crippen molar-refractivity contribution in [2.45, 2.75) is 19.9 Å². The fraction of sp³-hybridized carbons (Fsp3) is 0.158. The Balaban J connectivity index is 2.13. The minimum Gasteiger partial charge on any atom is -0.350 e. The normalized spacial score (nSPS) is 10.9. The van der Waals surface area contributed by atoms with E-state index in [1.165, 1.54) is 6.08 Å². The molecule has 0 saturated carbocycles. The molecule has 0 aromatic heterocycles. The molecule has 2 aromatic rings. The molecule has 4 nitrogen and oxygen atoms in total. The summed E-state index contributed by atoms with van der Waals surface area (Å²) >= 11 is 11.9. The van der Waals surface area contributed by atoms with Gasteiger partial charge in [-0.05, 0) is 49.8 Å². The van der Waals surface area contributed by atoms with Crippen LogP contribution in [-0.2, 0) is 4.79 Å². The molecule has 130 valence electrons. The van der Waals surface area contributed by atoms with E-state index in [0.717, 1.165) is 0 Å². The molecule has 0 aliphatic heterocycles. The summed E-state index contributed by atoms with van der Waals surface area (Å²) in [5.41, 5.74) is 1.52. The maximum absolute atomic E-state index is 12.2. The molecule has 0 atom stereocenters. The van der Waals surface area contributed by atoms with E-state index in [4.69, 9.17) is 23.2 Å². The quantitative estimate of drug-likeness (QED) is 0.737. The van der Waals surface area contributed by atoms with Gasteiger partial charge in [-0.1, -0.05) is 41.4 Å². The van der Waals surface area contributed by atoms with E-state index in [1.54, 1.807) is 48.5 Å². The van der Waals surface area contributed by atoms with Crippen LogP contribution in [0.3, 0.4) is 0 Å². The lowest BCUT2D eigenvalue weighted by molar-refractivity contribution is -0.111. The number of carbonyl (C=O) groups is 2. The number of rotatable bonds is 5. The smallest absolute Gasteiger partial charge is 0.253 e. The standard InChI is InChI=1S/C19H18Cl2N2O2/c1-12(2)22-19(25)15-5-3-4-6-17(15)23-18(24)10-8-13-7-9-14(20)11-16(13)21/h3-12H,1-2H3,(H,22,25)(H,23,24)/b10-8+. The van der Waals surface area contributed by atoms with Crippen LogP contribution in [0.25, 0.3) is 6.08 Å². The van der Waals surface area contributed by atoms with Crippen molar-refractivity contribution in [1.29, 1.82) is 0 Å². The third kappa shape index (κ3) is 5.62. The van der Waals surface area contributed by atoms with Crippen molar-refractivity contribution in [2.24, 2.45) is 0 Å². The van der Waals surface area contributed by atoms with Crippen LogP contribution < -0.4 is 10.6 Å². The number of amides is 2. The van der Waals surface area contributed by atoms with Crippen LogP contribution in [0.2, 0.25) is 10.0 Å². The average Bonchev–Trinajstić information content (AvgIpc) is 2.54. The number of para-hydroxylation sites is 1. The van der Waals surface area contributed by atoms with Crippen molar-refractivity contribution in [3.63, 3.8) is 0 Å². The highest BCUT2D eigenvalue weighted by Gasteiger charge is 2.12. The van der Waals surface area contributed by atoms with E-state index in [9.17, 15) is 9.59 Å². The summed E-state index contributed by atoms with van der Waals surface area (Å²) < 4.78 is 0. The Labute approximate surface area is 156 Å². The SMILES string of the molecule is CC(C)NC(=O)c1ccccc1NC(=O)/C=C/c1ccc(Cl)cc1Cl. The first-order chi connectivity index (χ1) is 11.9. The van der Waals surface area contributed by atoms with E-state index >= 15 is 0 Å². The van der Waals surface area contributed by atoms with Gasteiger partial charge in [0.2, 0.25) is 5.91 Å². The minimum absolute atomic E-state index is 0.00296. The molecule has 0 radical (unpaired) electrons. The van der Waals surface area contributed by atoms with E-state index in [1.807, 2.05) is 13.8 Å². The molecule has 2 N–H and O–H groups in total. The Hall–Kier alpha value is -2.30. The number of nitrogens with one attached hydrogen (secondary N) is 2. The molecule has 2 rings (SSSR count). The summed E-state index contributed by atoms with van der Waals surface area (Å²) in [5.74, 6) is -0.605. The van der Waals surface area contributed by atoms with Crippen LogP contribution in [0, 0.1) is 0 Å². The van der Waals surface area contributed by atoms with Crippen LogP contribution in [0.4, 0.5) is 5.69 Å². The fourth-order valence-electron chi connectivity index (χ4n) is 2.11. The van der Waals surface area contributed by atoms with E-state index in [2.05, 4.69) is 10.6 Å². The molecule has 0 bridgehead atoms. The van der Waals surface area contributed by atoms with Gasteiger partial charge >= 0.3 is 0 Å². The van der Waals surface area contributed by atoms with Crippen LogP contribution in [-0.4, -0.2) is 17.9 Å². The second-order valence-corrected chi connectivity index (χ2v) is 6.51. The van der Waals surface area contributed by atoms with Crippen molar-refractivity contribution in [3.05, 3.63) is 69.7 Å². The average molecular weight is 377 g/mol. The summed E-state index contributed by atoms with van der Waals surface area (Å²) in [4.78, 5) is 24.4. The van der Waals surface area contributed by atoms with Gasteiger partial charge in [-0.25, -0.2) is 0 Å². The van der Waals surface area contributed by atoms with Crippen LogP contribution in [0.1, 0.15) is 29.8 Å². The van der Waals surface area contributed by atoms with Crippen molar-refractivity contribution in [2.75, 3.05) is 5.32 Å². The Bertz CT molecular complexity index is 817. The molecule has 0 aliphatic rings. The maximum Gasteiger partial charge on any atom is 0.253 e. The van der Waals surface area contributed by atoms with Gasteiger partial charge < -0.3 is 10.6 Å². The third-order valence-corrected chi connectivity index (χ3v) is 3.79. The van der Waals surface area contributed by atoms with Crippen LogP contribution >= 0.6 is 23.2 Å². The number of benzene rings is 2. The highest BCUT2D eigenvalue weighted by molar-refractivity contribution is 6.35. The predicted molar refractivity (Wildman–Crippen MR) is 103 cm³/mol. The summed E-state index contributed by atoms with van der Waals surface area (Å²) in [5, 5.41) is 6.49. The van der Waals surface area contributed by atoms with Gasteiger partial charge in [-0.2, -0.15) is 0 Å². The Morgan fingerprint density at radius 2 is 1.80 bits per heavy atom. The predicted octanol–water partition coefficient (Wildman–Crippen LogP) is 4.78. The molecular formula is C19H18Cl2N2O2. The largest absolute Gasteiger partial charge is 0.350 e. The van der Waals surface area contributed by atoms with Gasteiger partial charge in [-0.15, -0.1) is 0 Å². The van der Waals surface area contributed by atoms with Crippen molar-refractivity contribution >= 4 is 46.8 Å². The molecule has 6 heteroatoms. The van der Waals surface area contributed by atoms with Crippen LogP contribution in [0.5, 0.6) is 0 Å². The Kier molecular flexibility index (Phi) is 6.62. The zero-order chi connectivity index (χ0) is 18.4. The van der Waals surface area contributed by atoms with Gasteiger partial charge in [0.25, 0.3) is 5.91 Å². The van der Waals surface area contributed by atoms with Gasteiger partial charge in [0.15, 0.2) is 0 Å². The monoisotopic (exact) mass is 376 g/mol. The van der Waals surface area contributed by atoms with Crippen molar-refractivity contribution in [3.8, 4) is 0 Å². The lowest BCUT2D eigenvalue weighted by Gasteiger charge is -2.12. The summed E-state index contributed by atoms with van der Waals surface area (Å²) in [6, 6.07) is 11.9. The highest BCUT2D eigenvalue weighted by Crippen LogP contribution is 2.22. The summed E-state index contributed by atoms with van der Waals surface area (Å²) in [6.45, 7) is 3.75. The maximum atomic E-state index is 12.2. The summed E-state index contributed by atoms with van der Waals surface area (Å²) in [7, 11) is 0. The minimum atomic E-state index is -0.365. The second kappa shape index (κ2) is 8.70. The fourth-order valence-corrected chi connectivity index (χ4v) is 2.58. The van der Waals surface area contributed by atoms with Gasteiger partial charge in [0.05, 0.1) is 11.3 Å². The van der Waals surface area contributed by atoms with E-state index < -0.39 is 0 Å². The third-order valence-electron chi connectivity index (χ3n) is 3.23. The Morgan fingerprint density at radius 1 is 1.08 bits per heavy atom. The van der Waals surface area contributed by atoms with E-state index in [0.29, 0.717) is 26.9 Å². The molecule has 0 spiro atoms. The molecular weight excluding hydrogens is 359 g/mol. The first kappa shape index (κ1) is 19.0. The number of hydrogen-bond acceptors (Lipinski definition) is 2. The van der Waals surface area contributed by atoms with Crippen LogP contribution in [0.15, 0.2) is 48.5 Å². The zero-order valence-electron chi connectivity index (χ0n) is 13.8. The highest BCUT2D eigenvalue weighted by atomic mass is 35.5. The van der Waals surface area contributed by atoms with Crippen molar-refractivity contribution in [1.82, 2.24) is 5.32 Å². The van der Waals surface area contributed by atoms with Gasteiger partial charge in [0, 0.05) is 22.2 Å². The molecule has 2 aromatic carbocycles. The zero-order valence-corrected chi connectivity index (χ0v) is 15.4. The topological polar surface area (TPSA) is 58.2 Å². The molecule has 0 heterocycles. The molecule has 2 amide bonds. The molecule has 0 saturated heterocycles. The first-order valence-electron chi connectivity index (χ1n) is 7.71. The summed E-state index contributed by atoms with van der Waals surface area (Å²) in [6.07, 6.45) is 2.94. The molecule has 0 unspecified atom stereocenters. The molecule has 25 heavy (non-hydrogen) atoms. The number of hydrogen-bond donors (Lipinski definition) is 2. The van der Waals surface area contributed by atoms with Gasteiger partial charge in [0.1, 0.15) is 0 Å². The van der Waals surface area contributed by atoms with E-state index in [-0.39, 0.29) is 17.9 Å². The molecule has 0 fully saturated rings. The second-order valence-electron chi connectivity index (χ2n) is 5.66. The molecule has 0 aliphatic carbocycles. The number of anilines is 1. The van der Waals surface area contributed by atoms with Crippen molar-refractivity contribution < 1.29 is 9.59 Å². The van der Waals surface area contributed by atoms with Gasteiger partial charge in [-0.3, -0.25) is 9.59 Å². The lowest BCUT2D eigenvalue weighted by Crippen LogP contribution is -2.30. The lowest BCUT2D eigenvalue weighted by atomic mass is 10.1. The number of halogens is 2. The first-order valence-corrected chi connectivity index (χ1v) is 8.46. The number of carbonyl (C=O) groups excluding carboxylic acids is 2.